The van der Waals surface area contributed by atoms with Gasteiger partial charge >= 0.3 is 0 Å². The summed E-state index contributed by atoms with van der Waals surface area (Å²) in [5.74, 6) is 1.47. The molecule has 0 saturated carbocycles. The summed E-state index contributed by atoms with van der Waals surface area (Å²) in [5.41, 5.74) is 1.82. The molecule has 29 heavy (non-hydrogen) atoms. The van der Waals surface area contributed by atoms with Crippen LogP contribution in [0, 0.1) is 24.0 Å². The number of nitrogens with zero attached hydrogens (tertiary/aromatic N) is 3. The summed E-state index contributed by atoms with van der Waals surface area (Å²) in [5, 5.41) is 15.1. The van der Waals surface area contributed by atoms with Crippen LogP contribution >= 0.6 is 0 Å². The first-order chi connectivity index (χ1) is 13.9. The zero-order chi connectivity index (χ0) is 21.0. The number of rotatable bonds is 8. The van der Waals surface area contributed by atoms with E-state index in [1.54, 1.807) is 55.1 Å². The Labute approximate surface area is 167 Å². The van der Waals surface area contributed by atoms with E-state index < -0.39 is 4.92 Å². The van der Waals surface area contributed by atoms with E-state index in [0.717, 1.165) is 0 Å². The second kappa shape index (κ2) is 8.55. The number of nitro groups is 1. The highest BCUT2D eigenvalue weighted by molar-refractivity contribution is 6.07. The molecule has 0 spiro atoms. The van der Waals surface area contributed by atoms with Crippen LogP contribution < -0.4 is 4.74 Å². The van der Waals surface area contributed by atoms with E-state index >= 15 is 0 Å². The maximum absolute atomic E-state index is 12.3. The van der Waals surface area contributed by atoms with E-state index in [9.17, 15) is 14.9 Å². The minimum Gasteiger partial charge on any atom is -0.486 e. The number of ether oxygens (including phenoxy) is 1. The maximum atomic E-state index is 12.3. The van der Waals surface area contributed by atoms with Gasteiger partial charge in [0.05, 0.1) is 16.2 Å². The second-order valence-corrected chi connectivity index (χ2v) is 6.48. The number of allylic oxidation sites excluding steroid dienone is 1. The Morgan fingerprint density at radius 3 is 2.76 bits per heavy atom. The molecule has 0 bridgehead atoms. The van der Waals surface area contributed by atoms with Crippen molar-refractivity contribution < 1.29 is 18.9 Å². The van der Waals surface area contributed by atoms with E-state index in [1.807, 2.05) is 6.92 Å². The summed E-state index contributed by atoms with van der Waals surface area (Å²) in [6.45, 7) is 6.29. The fourth-order valence-electron chi connectivity index (χ4n) is 2.81. The van der Waals surface area contributed by atoms with Crippen molar-refractivity contribution in [2.24, 2.45) is 0 Å². The van der Waals surface area contributed by atoms with Gasteiger partial charge < -0.3 is 9.15 Å². The molecule has 8 nitrogen and oxygen atoms in total. The molecular weight excluding hydrogens is 374 g/mol. The molecule has 2 aromatic heterocycles. The highest BCUT2D eigenvalue weighted by Gasteiger charge is 2.12. The predicted molar refractivity (Wildman–Crippen MR) is 107 cm³/mol. The Hall–Kier alpha value is -3.68. The topological polar surface area (TPSA) is 100 Å². The smallest absolute Gasteiger partial charge is 0.272 e. The molecule has 8 heteroatoms. The lowest BCUT2D eigenvalue weighted by atomic mass is 10.1. The summed E-state index contributed by atoms with van der Waals surface area (Å²) >= 11 is 0. The van der Waals surface area contributed by atoms with Crippen molar-refractivity contribution in [2.45, 2.75) is 33.9 Å². The first-order valence-corrected chi connectivity index (χ1v) is 9.10. The van der Waals surface area contributed by atoms with Gasteiger partial charge in [-0.3, -0.25) is 19.6 Å². The largest absolute Gasteiger partial charge is 0.486 e. The third-order valence-corrected chi connectivity index (χ3v) is 4.36. The number of carbonyl (C=O) groups is 1. The molecule has 1 aromatic carbocycles. The van der Waals surface area contributed by atoms with Crippen molar-refractivity contribution >= 4 is 17.5 Å². The summed E-state index contributed by atoms with van der Waals surface area (Å²) in [6, 6.07) is 8.07. The number of furan rings is 1. The number of hydrogen-bond donors (Lipinski definition) is 0. The van der Waals surface area contributed by atoms with Crippen molar-refractivity contribution in [3.8, 4) is 5.75 Å². The Balaban J connectivity index is 1.61. The molecule has 0 atom stereocenters. The molecule has 0 aliphatic carbocycles. The normalized spacial score (nSPS) is 11.1. The van der Waals surface area contributed by atoms with Crippen LogP contribution in [0.5, 0.6) is 5.75 Å². The summed E-state index contributed by atoms with van der Waals surface area (Å²) in [4.78, 5) is 22.8. The average molecular weight is 395 g/mol. The van der Waals surface area contributed by atoms with Gasteiger partial charge in [-0.25, -0.2) is 0 Å². The Morgan fingerprint density at radius 1 is 1.31 bits per heavy atom. The molecular formula is C21H21N3O5. The number of aromatic nitrogens is 2. The lowest BCUT2D eigenvalue weighted by molar-refractivity contribution is -0.385. The van der Waals surface area contributed by atoms with Crippen LogP contribution in [0.25, 0.3) is 6.08 Å². The van der Waals surface area contributed by atoms with Gasteiger partial charge in [-0.1, -0.05) is 0 Å². The van der Waals surface area contributed by atoms with Gasteiger partial charge in [0.1, 0.15) is 23.9 Å². The molecule has 0 amide bonds. The fraction of sp³-hybridized carbons (Fsp3) is 0.238. The molecule has 0 saturated heterocycles. The SMILES string of the molecule is CCn1cc(C(=O)/C=C/c2ccc(COc3ccc([N+](=O)[O-])c(C)c3)o2)c(C)n1. The first kappa shape index (κ1) is 20.1. The van der Waals surface area contributed by atoms with Gasteiger partial charge in [0.25, 0.3) is 5.69 Å². The standard InChI is InChI=1S/C21H21N3O5/c1-4-23-12-19(15(3)22-23)21(25)10-8-16-5-6-18(29-16)13-28-17-7-9-20(24(26)27)14(2)11-17/h5-12H,4,13H2,1-3H3/b10-8+. The van der Waals surface area contributed by atoms with E-state index in [-0.39, 0.29) is 18.1 Å². The van der Waals surface area contributed by atoms with Crippen molar-refractivity contribution in [2.75, 3.05) is 0 Å². The van der Waals surface area contributed by atoms with Gasteiger partial charge in [0.2, 0.25) is 0 Å². The van der Waals surface area contributed by atoms with Crippen LogP contribution in [0.4, 0.5) is 5.69 Å². The zero-order valence-electron chi connectivity index (χ0n) is 16.4. The van der Waals surface area contributed by atoms with Crippen LogP contribution in [0.2, 0.25) is 0 Å². The minimum absolute atomic E-state index is 0.0483. The van der Waals surface area contributed by atoms with Crippen LogP contribution in [0.1, 0.15) is 40.1 Å². The van der Waals surface area contributed by atoms with Crippen LogP contribution in [-0.4, -0.2) is 20.5 Å². The van der Waals surface area contributed by atoms with Gasteiger partial charge in [-0.05, 0) is 57.2 Å². The number of nitro benzene ring substituents is 1. The highest BCUT2D eigenvalue weighted by atomic mass is 16.6. The maximum Gasteiger partial charge on any atom is 0.272 e. The zero-order valence-corrected chi connectivity index (χ0v) is 16.4. The van der Waals surface area contributed by atoms with Crippen LogP contribution in [0.15, 0.2) is 47.0 Å². The summed E-state index contributed by atoms with van der Waals surface area (Å²) in [7, 11) is 0. The first-order valence-electron chi connectivity index (χ1n) is 9.10. The number of ketones is 1. The molecule has 150 valence electrons. The van der Waals surface area contributed by atoms with Crippen LogP contribution in [-0.2, 0) is 13.2 Å². The second-order valence-electron chi connectivity index (χ2n) is 6.48. The third-order valence-electron chi connectivity index (χ3n) is 4.36. The predicted octanol–water partition coefficient (Wildman–Crippen LogP) is 4.50. The molecule has 0 fully saturated rings. The van der Waals surface area contributed by atoms with Gasteiger partial charge in [0, 0.05) is 24.4 Å². The highest BCUT2D eigenvalue weighted by Crippen LogP contribution is 2.24. The minimum atomic E-state index is -0.430. The third kappa shape index (κ3) is 4.78. The van der Waals surface area contributed by atoms with Gasteiger partial charge in [0.15, 0.2) is 5.78 Å². The lowest BCUT2D eigenvalue weighted by Crippen LogP contribution is -1.96. The van der Waals surface area contributed by atoms with E-state index in [1.165, 1.54) is 12.1 Å². The van der Waals surface area contributed by atoms with Crippen molar-refractivity contribution in [1.29, 1.82) is 0 Å². The molecule has 0 unspecified atom stereocenters. The number of carbonyl (C=O) groups excluding carboxylic acids is 1. The Morgan fingerprint density at radius 2 is 2.10 bits per heavy atom. The Kier molecular flexibility index (Phi) is 5.92. The van der Waals surface area contributed by atoms with E-state index in [2.05, 4.69) is 5.10 Å². The van der Waals surface area contributed by atoms with Crippen LogP contribution in [0.3, 0.4) is 0 Å². The number of benzene rings is 1. The van der Waals surface area contributed by atoms with Crippen molar-refractivity contribution in [3.63, 3.8) is 0 Å². The monoisotopic (exact) mass is 395 g/mol. The lowest BCUT2D eigenvalue weighted by Gasteiger charge is -2.05. The molecule has 0 aliphatic heterocycles. The van der Waals surface area contributed by atoms with E-state index in [0.29, 0.717) is 40.6 Å². The molecule has 3 rings (SSSR count). The molecule has 0 aliphatic rings. The van der Waals surface area contributed by atoms with Gasteiger partial charge in [-0.15, -0.1) is 0 Å². The number of hydrogen-bond acceptors (Lipinski definition) is 6. The van der Waals surface area contributed by atoms with E-state index in [4.69, 9.17) is 9.15 Å². The van der Waals surface area contributed by atoms with Gasteiger partial charge in [-0.2, -0.15) is 5.10 Å². The fourth-order valence-corrected chi connectivity index (χ4v) is 2.81. The van der Waals surface area contributed by atoms with Crippen molar-refractivity contribution in [1.82, 2.24) is 9.78 Å². The average Bonchev–Trinajstić information content (AvgIpc) is 3.30. The summed E-state index contributed by atoms with van der Waals surface area (Å²) < 4.78 is 13.0. The molecule has 0 N–H and O–H groups in total. The molecule has 2 heterocycles. The quantitative estimate of drug-likeness (QED) is 0.241. The number of aryl methyl sites for hydroxylation is 3. The summed E-state index contributed by atoms with van der Waals surface area (Å²) in [6.07, 6.45) is 4.79. The molecule has 0 radical (unpaired) electrons. The Bertz CT molecular complexity index is 1080. The molecule has 3 aromatic rings. The van der Waals surface area contributed by atoms with Crippen molar-refractivity contribution in [3.05, 3.63) is 81.1 Å².